The van der Waals surface area contributed by atoms with Crippen molar-refractivity contribution in [1.29, 1.82) is 0 Å². The smallest absolute Gasteiger partial charge is 0.225 e. The zero-order valence-corrected chi connectivity index (χ0v) is 10.8. The average molecular weight is 258 g/mol. The lowest BCUT2D eigenvalue weighted by Gasteiger charge is -2.15. The largest absolute Gasteiger partial charge is 0.352 e. The Kier molecular flexibility index (Phi) is 3.23. The molecule has 2 fully saturated rings. The molecule has 1 aliphatic heterocycles. The molecular formula is C15H18N2O2. The Morgan fingerprint density at radius 1 is 1.26 bits per heavy atom. The summed E-state index contributed by atoms with van der Waals surface area (Å²) in [5, 5.41) is 2.92. The molecule has 100 valence electrons. The van der Waals surface area contributed by atoms with Crippen molar-refractivity contribution in [3.63, 3.8) is 0 Å². The van der Waals surface area contributed by atoms with Crippen LogP contribution in [0.2, 0.25) is 0 Å². The minimum atomic E-state index is -0.170. The highest BCUT2D eigenvalue weighted by Gasteiger charge is 2.41. The molecule has 4 heteroatoms. The Balaban J connectivity index is 1.52. The SMILES string of the molecule is O=C(NCc1ccccc1)C1CC(=O)N(C2CC2)C1. The molecule has 3 rings (SSSR count). The first-order valence-corrected chi connectivity index (χ1v) is 6.85. The van der Waals surface area contributed by atoms with Gasteiger partial charge in [-0.25, -0.2) is 0 Å². The maximum Gasteiger partial charge on any atom is 0.225 e. The van der Waals surface area contributed by atoms with Gasteiger partial charge in [-0.05, 0) is 18.4 Å². The zero-order valence-electron chi connectivity index (χ0n) is 10.8. The molecule has 1 aromatic rings. The fourth-order valence-electron chi connectivity index (χ4n) is 2.58. The van der Waals surface area contributed by atoms with E-state index in [2.05, 4.69) is 5.32 Å². The van der Waals surface area contributed by atoms with Gasteiger partial charge in [-0.2, -0.15) is 0 Å². The fourth-order valence-corrected chi connectivity index (χ4v) is 2.58. The second-order valence-electron chi connectivity index (χ2n) is 5.38. The highest BCUT2D eigenvalue weighted by atomic mass is 16.2. The van der Waals surface area contributed by atoms with Crippen LogP contribution in [-0.2, 0) is 16.1 Å². The van der Waals surface area contributed by atoms with E-state index in [1.165, 1.54) is 0 Å². The molecule has 1 saturated heterocycles. The molecule has 1 saturated carbocycles. The number of carbonyl (C=O) groups is 2. The zero-order chi connectivity index (χ0) is 13.2. The second kappa shape index (κ2) is 5.03. The minimum Gasteiger partial charge on any atom is -0.352 e. The maximum absolute atomic E-state index is 12.1. The first-order valence-electron chi connectivity index (χ1n) is 6.85. The van der Waals surface area contributed by atoms with Gasteiger partial charge in [0.05, 0.1) is 5.92 Å². The Morgan fingerprint density at radius 2 is 2.00 bits per heavy atom. The first-order chi connectivity index (χ1) is 9.24. The van der Waals surface area contributed by atoms with Crippen LogP contribution in [0.5, 0.6) is 0 Å². The van der Waals surface area contributed by atoms with Crippen molar-refractivity contribution in [3.8, 4) is 0 Å². The summed E-state index contributed by atoms with van der Waals surface area (Å²) in [6.07, 6.45) is 2.57. The quantitative estimate of drug-likeness (QED) is 0.885. The van der Waals surface area contributed by atoms with Crippen LogP contribution in [-0.4, -0.2) is 29.3 Å². The lowest BCUT2D eigenvalue weighted by Crippen LogP contribution is -2.33. The molecule has 2 aliphatic rings. The predicted molar refractivity (Wildman–Crippen MR) is 71.1 cm³/mol. The molecule has 4 nitrogen and oxygen atoms in total. The normalized spacial score (nSPS) is 22.6. The molecule has 2 amide bonds. The van der Waals surface area contributed by atoms with Gasteiger partial charge in [-0.15, -0.1) is 0 Å². The number of nitrogens with one attached hydrogen (secondary N) is 1. The van der Waals surface area contributed by atoms with Crippen LogP contribution >= 0.6 is 0 Å². The second-order valence-corrected chi connectivity index (χ2v) is 5.38. The van der Waals surface area contributed by atoms with Crippen molar-refractivity contribution in [1.82, 2.24) is 10.2 Å². The molecule has 1 atom stereocenters. The van der Waals surface area contributed by atoms with Crippen LogP contribution in [0.3, 0.4) is 0 Å². The van der Waals surface area contributed by atoms with Crippen molar-refractivity contribution in [3.05, 3.63) is 35.9 Å². The third kappa shape index (κ3) is 2.78. The van der Waals surface area contributed by atoms with Crippen LogP contribution in [0.4, 0.5) is 0 Å². The van der Waals surface area contributed by atoms with Gasteiger partial charge in [0, 0.05) is 25.6 Å². The van der Waals surface area contributed by atoms with Gasteiger partial charge in [0.1, 0.15) is 0 Å². The molecule has 1 N–H and O–H groups in total. The number of likely N-dealkylation sites (tertiary alicyclic amines) is 1. The monoisotopic (exact) mass is 258 g/mol. The number of hydrogen-bond donors (Lipinski definition) is 1. The molecular weight excluding hydrogens is 240 g/mol. The van der Waals surface area contributed by atoms with Crippen molar-refractivity contribution in [2.24, 2.45) is 5.92 Å². The van der Waals surface area contributed by atoms with E-state index in [4.69, 9.17) is 0 Å². The highest BCUT2D eigenvalue weighted by Crippen LogP contribution is 2.32. The maximum atomic E-state index is 12.1. The third-order valence-corrected chi connectivity index (χ3v) is 3.83. The van der Waals surface area contributed by atoms with Crippen molar-refractivity contribution in [2.75, 3.05) is 6.54 Å². The van der Waals surface area contributed by atoms with E-state index in [-0.39, 0.29) is 17.7 Å². The van der Waals surface area contributed by atoms with Gasteiger partial charge in [-0.1, -0.05) is 30.3 Å². The summed E-state index contributed by atoms with van der Waals surface area (Å²) in [6.45, 7) is 1.14. The average Bonchev–Trinajstić information content (AvgIpc) is 3.20. The molecule has 0 spiro atoms. The molecule has 1 aliphatic carbocycles. The van der Waals surface area contributed by atoms with Crippen LogP contribution in [0.15, 0.2) is 30.3 Å². The number of carbonyl (C=O) groups excluding carboxylic acids is 2. The van der Waals surface area contributed by atoms with Crippen molar-refractivity contribution >= 4 is 11.8 Å². The minimum absolute atomic E-state index is 0.000327. The third-order valence-electron chi connectivity index (χ3n) is 3.83. The lowest BCUT2D eigenvalue weighted by molar-refractivity contribution is -0.129. The number of amides is 2. The fraction of sp³-hybridized carbons (Fsp3) is 0.467. The van der Waals surface area contributed by atoms with Crippen LogP contribution in [0.25, 0.3) is 0 Å². The van der Waals surface area contributed by atoms with Gasteiger partial charge in [-0.3, -0.25) is 9.59 Å². The highest BCUT2D eigenvalue weighted by molar-refractivity contribution is 5.89. The van der Waals surface area contributed by atoms with Crippen LogP contribution in [0.1, 0.15) is 24.8 Å². The predicted octanol–water partition coefficient (Wildman–Crippen LogP) is 1.31. The lowest BCUT2D eigenvalue weighted by atomic mass is 10.1. The number of nitrogens with zero attached hydrogens (tertiary/aromatic N) is 1. The standard InChI is InChI=1S/C15H18N2O2/c18-14-8-12(10-17(14)13-6-7-13)15(19)16-9-11-4-2-1-3-5-11/h1-5,12-13H,6-10H2,(H,16,19). The Bertz CT molecular complexity index is 482. The number of benzene rings is 1. The van der Waals surface area contributed by atoms with E-state index in [9.17, 15) is 9.59 Å². The topological polar surface area (TPSA) is 49.4 Å². The van der Waals surface area contributed by atoms with Gasteiger partial charge >= 0.3 is 0 Å². The summed E-state index contributed by atoms with van der Waals surface area (Å²) in [6, 6.07) is 10.2. The summed E-state index contributed by atoms with van der Waals surface area (Å²) in [5.74, 6) is -0.0282. The van der Waals surface area contributed by atoms with Crippen molar-refractivity contribution < 1.29 is 9.59 Å². The summed E-state index contributed by atoms with van der Waals surface area (Å²) in [4.78, 5) is 25.7. The van der Waals surface area contributed by atoms with Crippen molar-refractivity contribution in [2.45, 2.75) is 31.8 Å². The van der Waals surface area contributed by atoms with Gasteiger partial charge in [0.15, 0.2) is 0 Å². The summed E-state index contributed by atoms with van der Waals surface area (Å²) < 4.78 is 0. The molecule has 1 aromatic carbocycles. The first kappa shape index (κ1) is 12.2. The number of hydrogen-bond acceptors (Lipinski definition) is 2. The van der Waals surface area contributed by atoms with Gasteiger partial charge in [0.2, 0.25) is 11.8 Å². The van der Waals surface area contributed by atoms with E-state index < -0.39 is 0 Å². The van der Waals surface area contributed by atoms with E-state index in [0.717, 1.165) is 18.4 Å². The molecule has 19 heavy (non-hydrogen) atoms. The van der Waals surface area contributed by atoms with E-state index in [1.54, 1.807) is 0 Å². The molecule has 1 unspecified atom stereocenters. The number of rotatable bonds is 4. The Morgan fingerprint density at radius 3 is 2.68 bits per heavy atom. The van der Waals surface area contributed by atoms with Gasteiger partial charge < -0.3 is 10.2 Å². The molecule has 0 radical (unpaired) electrons. The molecule has 0 aromatic heterocycles. The van der Waals surface area contributed by atoms with E-state index >= 15 is 0 Å². The Hall–Kier alpha value is -1.84. The summed E-state index contributed by atoms with van der Waals surface area (Å²) in [7, 11) is 0. The van der Waals surface area contributed by atoms with Gasteiger partial charge in [0.25, 0.3) is 0 Å². The summed E-state index contributed by atoms with van der Waals surface area (Å²) in [5.41, 5.74) is 1.08. The van der Waals surface area contributed by atoms with Crippen LogP contribution in [0, 0.1) is 5.92 Å². The Labute approximate surface area is 112 Å². The summed E-state index contributed by atoms with van der Waals surface area (Å²) >= 11 is 0. The van der Waals surface area contributed by atoms with E-state index in [1.807, 2.05) is 35.2 Å². The van der Waals surface area contributed by atoms with E-state index in [0.29, 0.717) is 25.6 Å². The molecule has 0 bridgehead atoms. The molecule has 1 heterocycles. The van der Waals surface area contributed by atoms with Crippen LogP contribution < -0.4 is 5.32 Å².